The van der Waals surface area contributed by atoms with Crippen LogP contribution in [-0.2, 0) is 0 Å². The second kappa shape index (κ2) is 4.07. The monoisotopic (exact) mass is 282 g/mol. The number of aromatic amines is 1. The van der Waals surface area contributed by atoms with Gasteiger partial charge in [-0.3, -0.25) is 9.89 Å². The van der Waals surface area contributed by atoms with Crippen molar-refractivity contribution in [1.82, 2.24) is 20.0 Å². The number of amides is 1. The van der Waals surface area contributed by atoms with Gasteiger partial charge in [0, 0.05) is 37.1 Å². The van der Waals surface area contributed by atoms with Crippen LogP contribution in [0.2, 0.25) is 0 Å². The van der Waals surface area contributed by atoms with Crippen LogP contribution in [0.15, 0.2) is 24.3 Å². The average Bonchev–Trinajstić information content (AvgIpc) is 2.99. The zero-order chi connectivity index (χ0) is 14.0. The molecule has 1 aromatic heterocycles. The van der Waals surface area contributed by atoms with Crippen LogP contribution in [0, 0.1) is 5.92 Å². The van der Waals surface area contributed by atoms with Crippen molar-refractivity contribution in [3.8, 4) is 0 Å². The topological polar surface area (TPSA) is 52.2 Å². The van der Waals surface area contributed by atoms with Crippen LogP contribution in [0.5, 0.6) is 0 Å². The van der Waals surface area contributed by atoms with E-state index in [9.17, 15) is 4.79 Å². The van der Waals surface area contributed by atoms with Crippen LogP contribution in [0.4, 0.5) is 0 Å². The Morgan fingerprint density at radius 3 is 3.14 bits per heavy atom. The summed E-state index contributed by atoms with van der Waals surface area (Å²) in [5.41, 5.74) is 1.53. The predicted molar refractivity (Wildman–Crippen MR) is 79.0 cm³/mol. The molecule has 3 aliphatic heterocycles. The Bertz CT molecular complexity index is 724. The summed E-state index contributed by atoms with van der Waals surface area (Å²) in [4.78, 5) is 17.7. The quantitative estimate of drug-likeness (QED) is 0.862. The lowest BCUT2D eigenvalue weighted by atomic mass is 9.89. The van der Waals surface area contributed by atoms with Gasteiger partial charge in [-0.2, -0.15) is 5.10 Å². The summed E-state index contributed by atoms with van der Waals surface area (Å²) in [5.74, 6) is 0.792. The van der Waals surface area contributed by atoms with E-state index in [-0.39, 0.29) is 5.91 Å². The second-order valence-corrected chi connectivity index (χ2v) is 6.60. The Morgan fingerprint density at radius 2 is 2.19 bits per heavy atom. The highest BCUT2D eigenvalue weighted by atomic mass is 16.2. The summed E-state index contributed by atoms with van der Waals surface area (Å²) in [5, 5.41) is 8.24. The lowest BCUT2D eigenvalue weighted by molar-refractivity contribution is 0.0668. The number of hydrogen-bond donors (Lipinski definition) is 1. The van der Waals surface area contributed by atoms with E-state index in [0.29, 0.717) is 23.7 Å². The van der Waals surface area contributed by atoms with E-state index in [1.54, 1.807) is 0 Å². The highest BCUT2D eigenvalue weighted by molar-refractivity contribution is 6.05. The number of likely N-dealkylation sites (tertiary alicyclic amines) is 1. The summed E-state index contributed by atoms with van der Waals surface area (Å²) >= 11 is 0. The molecule has 3 aliphatic rings. The lowest BCUT2D eigenvalue weighted by Crippen LogP contribution is -2.44. The van der Waals surface area contributed by atoms with Crippen LogP contribution in [-0.4, -0.2) is 57.6 Å². The fourth-order valence-corrected chi connectivity index (χ4v) is 4.62. The number of carbonyl (C=O) groups is 1. The van der Waals surface area contributed by atoms with E-state index < -0.39 is 0 Å². The minimum Gasteiger partial charge on any atom is -0.330 e. The number of piperidine rings is 2. The van der Waals surface area contributed by atoms with E-state index in [4.69, 9.17) is 0 Å². The van der Waals surface area contributed by atoms with E-state index in [2.05, 4.69) is 20.0 Å². The molecule has 1 unspecified atom stereocenters. The Kier molecular flexibility index (Phi) is 2.28. The van der Waals surface area contributed by atoms with Gasteiger partial charge < -0.3 is 9.80 Å². The molecule has 1 aromatic carbocycles. The van der Waals surface area contributed by atoms with Gasteiger partial charge in [-0.1, -0.05) is 18.2 Å². The number of benzene rings is 1. The minimum absolute atomic E-state index is 0.119. The third-order valence-electron chi connectivity index (χ3n) is 5.48. The summed E-state index contributed by atoms with van der Waals surface area (Å²) in [7, 11) is 0. The molecule has 3 bridgehead atoms. The first-order chi connectivity index (χ1) is 10.3. The van der Waals surface area contributed by atoms with Crippen molar-refractivity contribution >= 4 is 16.8 Å². The van der Waals surface area contributed by atoms with Gasteiger partial charge >= 0.3 is 0 Å². The first-order valence-electron chi connectivity index (χ1n) is 7.79. The first kappa shape index (κ1) is 11.7. The van der Waals surface area contributed by atoms with Crippen molar-refractivity contribution in [3.63, 3.8) is 0 Å². The molecule has 1 amide bonds. The molecule has 0 spiro atoms. The number of para-hydroxylation sites is 1. The Morgan fingerprint density at radius 1 is 1.29 bits per heavy atom. The van der Waals surface area contributed by atoms with Gasteiger partial charge in [0.2, 0.25) is 0 Å². The molecular formula is C16H18N4O. The summed E-state index contributed by atoms with van der Waals surface area (Å²) in [6.45, 7) is 3.36. The standard InChI is InChI=1S/C16H18N4O/c21-16(15-12-3-1-2-4-13(12)17-18-15)20-11-7-10-8-19(9-11)6-5-14(10)20/h1-4,10-11,14H,5-9H2,(H,17,18)/t10-,11+,14+/m0/s1. The van der Waals surface area contributed by atoms with Crippen molar-refractivity contribution in [1.29, 1.82) is 0 Å². The van der Waals surface area contributed by atoms with E-state index in [0.717, 1.165) is 30.4 Å². The van der Waals surface area contributed by atoms with Gasteiger partial charge in [0.1, 0.15) is 0 Å². The number of fused-ring (bicyclic) bond motifs is 3. The maximum absolute atomic E-state index is 13.1. The van der Waals surface area contributed by atoms with Gasteiger partial charge in [-0.15, -0.1) is 0 Å². The SMILES string of the molecule is O=C(c1n[nH]c2ccccc12)N1[C@@H]2C[C@H]3CN(CC[C@H]31)C2. The van der Waals surface area contributed by atoms with Crippen LogP contribution in [0.1, 0.15) is 23.3 Å². The molecule has 108 valence electrons. The van der Waals surface area contributed by atoms with Crippen LogP contribution in [0.25, 0.3) is 10.9 Å². The number of hydrogen-bond acceptors (Lipinski definition) is 3. The second-order valence-electron chi connectivity index (χ2n) is 6.60. The summed E-state index contributed by atoms with van der Waals surface area (Å²) in [6.07, 6.45) is 2.30. The highest BCUT2D eigenvalue weighted by Crippen LogP contribution is 2.41. The lowest BCUT2D eigenvalue weighted by Gasteiger charge is -2.35. The van der Waals surface area contributed by atoms with Gasteiger partial charge in [-0.05, 0) is 24.8 Å². The van der Waals surface area contributed by atoms with Crippen molar-refractivity contribution in [3.05, 3.63) is 30.0 Å². The van der Waals surface area contributed by atoms with E-state index in [1.807, 2.05) is 24.3 Å². The highest BCUT2D eigenvalue weighted by Gasteiger charge is 2.50. The van der Waals surface area contributed by atoms with Crippen molar-refractivity contribution in [2.75, 3.05) is 19.6 Å². The number of nitrogens with one attached hydrogen (secondary N) is 1. The number of rotatable bonds is 1. The molecule has 1 N–H and O–H groups in total. The number of H-pyrrole nitrogens is 1. The molecule has 5 heteroatoms. The Balaban J connectivity index is 1.57. The first-order valence-corrected chi connectivity index (χ1v) is 7.79. The van der Waals surface area contributed by atoms with Crippen molar-refractivity contribution < 1.29 is 4.79 Å². The molecule has 3 saturated heterocycles. The van der Waals surface area contributed by atoms with Crippen molar-refractivity contribution in [2.24, 2.45) is 5.92 Å². The molecule has 4 heterocycles. The van der Waals surface area contributed by atoms with Gasteiger partial charge in [0.05, 0.1) is 5.52 Å². The molecule has 4 atom stereocenters. The predicted octanol–water partition coefficient (Wildman–Crippen LogP) is 1.48. The molecule has 5 nitrogen and oxygen atoms in total. The molecule has 0 saturated carbocycles. The largest absolute Gasteiger partial charge is 0.330 e. The molecule has 0 aliphatic carbocycles. The van der Waals surface area contributed by atoms with Gasteiger partial charge in [0.25, 0.3) is 5.91 Å². The minimum atomic E-state index is 0.119. The maximum Gasteiger partial charge on any atom is 0.275 e. The molecular weight excluding hydrogens is 264 g/mol. The number of nitrogens with zero attached hydrogens (tertiary/aromatic N) is 3. The third kappa shape index (κ3) is 1.55. The van der Waals surface area contributed by atoms with Gasteiger partial charge in [0.15, 0.2) is 5.69 Å². The van der Waals surface area contributed by atoms with Gasteiger partial charge in [-0.25, -0.2) is 0 Å². The molecule has 21 heavy (non-hydrogen) atoms. The third-order valence-corrected chi connectivity index (χ3v) is 5.48. The van der Waals surface area contributed by atoms with Crippen LogP contribution < -0.4 is 0 Å². The normalized spacial score (nSPS) is 33.8. The average molecular weight is 282 g/mol. The smallest absolute Gasteiger partial charge is 0.275 e. The van der Waals surface area contributed by atoms with E-state index >= 15 is 0 Å². The molecule has 0 radical (unpaired) electrons. The Hall–Kier alpha value is -1.88. The summed E-state index contributed by atoms with van der Waals surface area (Å²) in [6, 6.07) is 8.70. The van der Waals surface area contributed by atoms with Crippen molar-refractivity contribution in [2.45, 2.75) is 24.9 Å². The van der Waals surface area contributed by atoms with Crippen LogP contribution >= 0.6 is 0 Å². The maximum atomic E-state index is 13.1. The molecule has 3 fully saturated rings. The fraction of sp³-hybridized carbons (Fsp3) is 0.500. The molecule has 2 aromatic rings. The van der Waals surface area contributed by atoms with E-state index in [1.165, 1.54) is 13.0 Å². The number of aromatic nitrogens is 2. The fourth-order valence-electron chi connectivity index (χ4n) is 4.62. The number of carbonyl (C=O) groups excluding carboxylic acids is 1. The zero-order valence-corrected chi connectivity index (χ0v) is 11.8. The zero-order valence-electron chi connectivity index (χ0n) is 11.8. The van der Waals surface area contributed by atoms with Crippen LogP contribution in [0.3, 0.4) is 0 Å². The Labute approximate surface area is 122 Å². The summed E-state index contributed by atoms with van der Waals surface area (Å²) < 4.78 is 0. The molecule has 5 rings (SSSR count).